The summed E-state index contributed by atoms with van der Waals surface area (Å²) >= 11 is 0. The van der Waals surface area contributed by atoms with E-state index in [4.69, 9.17) is 9.72 Å². The maximum Gasteiger partial charge on any atom is 0.134 e. The molecule has 0 saturated heterocycles. The van der Waals surface area contributed by atoms with Gasteiger partial charge in [-0.05, 0) is 59.4 Å². The summed E-state index contributed by atoms with van der Waals surface area (Å²) in [5.74, 6) is 2.41. The Morgan fingerprint density at radius 1 is 0.933 bits per heavy atom. The van der Waals surface area contributed by atoms with Gasteiger partial charge in [-0.15, -0.1) is 0 Å². The monoisotopic (exact) mass is 396 g/mol. The first-order valence-corrected chi connectivity index (χ1v) is 10.5. The zero-order valence-corrected chi connectivity index (χ0v) is 17.9. The third-order valence-corrected chi connectivity index (χ3v) is 5.73. The average Bonchev–Trinajstić information content (AvgIpc) is 3.15. The SMILES string of the molecule is CCC(C)c1ccc(Cn2c(/C=C/c3ccc(OC)cc3)nc3ccccc32)cc1. The molecular formula is C27H28N2O. The Kier molecular flexibility index (Phi) is 5.99. The molecule has 1 atom stereocenters. The summed E-state index contributed by atoms with van der Waals surface area (Å²) in [4.78, 5) is 4.87. The molecule has 0 N–H and O–H groups in total. The standard InChI is InChI=1S/C27H28N2O/c1-4-20(2)23-14-9-22(10-15-23)19-29-26-8-6-5-7-25(26)28-27(29)18-13-21-11-16-24(30-3)17-12-21/h5-18,20H,4,19H2,1-3H3/b18-13+. The van der Waals surface area contributed by atoms with Crippen molar-refractivity contribution in [2.75, 3.05) is 7.11 Å². The van der Waals surface area contributed by atoms with Crippen molar-refractivity contribution < 1.29 is 4.74 Å². The number of para-hydroxylation sites is 2. The molecule has 0 aliphatic carbocycles. The molecule has 1 aromatic heterocycles. The van der Waals surface area contributed by atoms with Crippen LogP contribution in [-0.2, 0) is 6.54 Å². The summed E-state index contributed by atoms with van der Waals surface area (Å²) in [5, 5.41) is 0. The Hall–Kier alpha value is -3.33. The molecule has 3 nitrogen and oxygen atoms in total. The zero-order valence-electron chi connectivity index (χ0n) is 17.9. The highest BCUT2D eigenvalue weighted by Gasteiger charge is 2.09. The van der Waals surface area contributed by atoms with E-state index in [1.165, 1.54) is 11.1 Å². The van der Waals surface area contributed by atoms with Crippen LogP contribution in [0.1, 0.15) is 48.7 Å². The van der Waals surface area contributed by atoms with Crippen LogP contribution in [0.15, 0.2) is 72.8 Å². The summed E-state index contributed by atoms with van der Waals surface area (Å²) in [5.41, 5.74) is 5.97. The van der Waals surface area contributed by atoms with Crippen molar-refractivity contribution in [3.05, 3.63) is 95.3 Å². The fraction of sp³-hybridized carbons (Fsp3) is 0.222. The van der Waals surface area contributed by atoms with Crippen molar-refractivity contribution in [3.8, 4) is 5.75 Å². The number of hydrogen-bond acceptors (Lipinski definition) is 2. The fourth-order valence-corrected chi connectivity index (χ4v) is 3.64. The van der Waals surface area contributed by atoms with Gasteiger partial charge in [-0.2, -0.15) is 0 Å². The van der Waals surface area contributed by atoms with Crippen LogP contribution in [0.2, 0.25) is 0 Å². The Labute approximate surface area is 178 Å². The molecule has 3 aromatic carbocycles. The summed E-state index contributed by atoms with van der Waals surface area (Å²) in [6, 6.07) is 25.4. The van der Waals surface area contributed by atoms with E-state index < -0.39 is 0 Å². The summed E-state index contributed by atoms with van der Waals surface area (Å²) in [7, 11) is 1.68. The molecule has 0 spiro atoms. The number of rotatable bonds is 7. The van der Waals surface area contributed by atoms with Crippen LogP contribution in [0.25, 0.3) is 23.2 Å². The van der Waals surface area contributed by atoms with Gasteiger partial charge in [0.1, 0.15) is 11.6 Å². The quantitative estimate of drug-likeness (QED) is 0.344. The third kappa shape index (κ3) is 4.30. The minimum Gasteiger partial charge on any atom is -0.497 e. The molecule has 4 aromatic rings. The van der Waals surface area contributed by atoms with Gasteiger partial charge in [0.05, 0.1) is 18.1 Å². The fourth-order valence-electron chi connectivity index (χ4n) is 3.64. The van der Waals surface area contributed by atoms with Crippen molar-refractivity contribution in [1.29, 1.82) is 0 Å². The van der Waals surface area contributed by atoms with Gasteiger partial charge in [0.2, 0.25) is 0 Å². The minimum absolute atomic E-state index is 0.594. The van der Waals surface area contributed by atoms with Crippen LogP contribution in [0.5, 0.6) is 5.75 Å². The number of ether oxygens (including phenoxy) is 1. The lowest BCUT2D eigenvalue weighted by molar-refractivity contribution is 0.415. The van der Waals surface area contributed by atoms with Gasteiger partial charge in [0.15, 0.2) is 0 Å². The Morgan fingerprint density at radius 2 is 1.67 bits per heavy atom. The molecule has 152 valence electrons. The lowest BCUT2D eigenvalue weighted by Gasteiger charge is -2.11. The number of methoxy groups -OCH3 is 1. The number of benzene rings is 3. The molecule has 30 heavy (non-hydrogen) atoms. The average molecular weight is 397 g/mol. The number of aromatic nitrogens is 2. The predicted octanol–water partition coefficient (Wildman–Crippen LogP) is 6.78. The summed E-state index contributed by atoms with van der Waals surface area (Å²) in [6.45, 7) is 5.31. The van der Waals surface area contributed by atoms with Crippen molar-refractivity contribution >= 4 is 23.2 Å². The Bertz CT molecular complexity index is 1140. The molecule has 4 rings (SSSR count). The molecule has 0 radical (unpaired) electrons. The maximum absolute atomic E-state index is 5.25. The topological polar surface area (TPSA) is 27.1 Å². The first kappa shape index (κ1) is 20.0. The van der Waals surface area contributed by atoms with Crippen LogP contribution in [-0.4, -0.2) is 16.7 Å². The molecule has 0 bridgehead atoms. The smallest absolute Gasteiger partial charge is 0.134 e. The molecule has 1 unspecified atom stereocenters. The zero-order chi connectivity index (χ0) is 20.9. The summed E-state index contributed by atoms with van der Waals surface area (Å²) in [6.07, 6.45) is 5.35. The Balaban J connectivity index is 1.65. The van der Waals surface area contributed by atoms with E-state index in [0.29, 0.717) is 5.92 Å². The van der Waals surface area contributed by atoms with E-state index in [9.17, 15) is 0 Å². The molecule has 1 heterocycles. The van der Waals surface area contributed by atoms with Crippen molar-refractivity contribution in [1.82, 2.24) is 9.55 Å². The molecule has 0 amide bonds. The lowest BCUT2D eigenvalue weighted by Crippen LogP contribution is -2.02. The van der Waals surface area contributed by atoms with Gasteiger partial charge in [-0.3, -0.25) is 0 Å². The van der Waals surface area contributed by atoms with Gasteiger partial charge in [-0.1, -0.05) is 68.5 Å². The Morgan fingerprint density at radius 3 is 2.37 bits per heavy atom. The van der Waals surface area contributed by atoms with Crippen molar-refractivity contribution in [3.63, 3.8) is 0 Å². The second-order valence-corrected chi connectivity index (χ2v) is 7.70. The first-order valence-electron chi connectivity index (χ1n) is 10.5. The molecular weight excluding hydrogens is 368 g/mol. The van der Waals surface area contributed by atoms with Gasteiger partial charge in [0.25, 0.3) is 0 Å². The second kappa shape index (κ2) is 9.00. The first-order chi connectivity index (χ1) is 14.7. The van der Waals surface area contributed by atoms with E-state index in [1.807, 2.05) is 18.2 Å². The van der Waals surface area contributed by atoms with Gasteiger partial charge >= 0.3 is 0 Å². The van der Waals surface area contributed by atoms with Gasteiger partial charge in [0, 0.05) is 6.54 Å². The minimum atomic E-state index is 0.594. The number of fused-ring (bicyclic) bond motifs is 1. The van der Waals surface area contributed by atoms with Crippen LogP contribution < -0.4 is 4.74 Å². The highest BCUT2D eigenvalue weighted by Crippen LogP contribution is 2.23. The van der Waals surface area contributed by atoms with E-state index in [1.54, 1.807) is 7.11 Å². The number of nitrogens with zero attached hydrogens (tertiary/aromatic N) is 2. The molecule has 3 heteroatoms. The van der Waals surface area contributed by atoms with Gasteiger partial charge < -0.3 is 9.30 Å². The molecule has 0 aliphatic heterocycles. The van der Waals surface area contributed by atoms with E-state index in [-0.39, 0.29) is 0 Å². The van der Waals surface area contributed by atoms with Crippen LogP contribution in [0.4, 0.5) is 0 Å². The van der Waals surface area contributed by atoms with Crippen LogP contribution in [0.3, 0.4) is 0 Å². The molecule has 0 fully saturated rings. The second-order valence-electron chi connectivity index (χ2n) is 7.70. The van der Waals surface area contributed by atoms with Crippen LogP contribution in [0, 0.1) is 0 Å². The van der Waals surface area contributed by atoms with Crippen LogP contribution >= 0.6 is 0 Å². The van der Waals surface area contributed by atoms with Crippen molar-refractivity contribution in [2.24, 2.45) is 0 Å². The van der Waals surface area contributed by atoms with Gasteiger partial charge in [-0.25, -0.2) is 4.98 Å². The lowest BCUT2D eigenvalue weighted by atomic mass is 9.98. The molecule has 0 aliphatic rings. The number of imidazole rings is 1. The maximum atomic E-state index is 5.25. The van der Waals surface area contributed by atoms with E-state index in [2.05, 4.69) is 85.2 Å². The highest BCUT2D eigenvalue weighted by molar-refractivity contribution is 5.80. The third-order valence-electron chi connectivity index (χ3n) is 5.73. The van der Waals surface area contributed by atoms with E-state index >= 15 is 0 Å². The highest BCUT2D eigenvalue weighted by atomic mass is 16.5. The van der Waals surface area contributed by atoms with E-state index in [0.717, 1.165) is 41.1 Å². The predicted molar refractivity (Wildman–Crippen MR) is 126 cm³/mol. The largest absolute Gasteiger partial charge is 0.497 e. The summed E-state index contributed by atoms with van der Waals surface area (Å²) < 4.78 is 7.53. The normalized spacial score (nSPS) is 12.5. The molecule has 0 saturated carbocycles. The van der Waals surface area contributed by atoms with Crippen molar-refractivity contribution in [2.45, 2.75) is 32.7 Å². The number of hydrogen-bond donors (Lipinski definition) is 0.